The number of benzene rings is 1. The average molecular weight is 487 g/mol. The minimum Gasteiger partial charge on any atom is -0.298 e. The second-order valence-electron chi connectivity index (χ2n) is 6.27. The van der Waals surface area contributed by atoms with Crippen LogP contribution in [0.3, 0.4) is 0 Å². The van der Waals surface area contributed by atoms with Gasteiger partial charge in [-0.15, -0.1) is 6.58 Å². The summed E-state index contributed by atoms with van der Waals surface area (Å²) in [7, 11) is 1.34. The summed E-state index contributed by atoms with van der Waals surface area (Å²) < 4.78 is 42.1. The summed E-state index contributed by atoms with van der Waals surface area (Å²) in [5, 5.41) is 6.21. The highest BCUT2D eigenvalue weighted by Crippen LogP contribution is 2.40. The zero-order valence-electron chi connectivity index (χ0n) is 15.9. The Labute approximate surface area is 189 Å². The Balaban J connectivity index is 2.16. The van der Waals surface area contributed by atoms with Gasteiger partial charge in [-0.3, -0.25) is 24.5 Å². The van der Waals surface area contributed by atoms with E-state index in [9.17, 15) is 22.8 Å². The summed E-state index contributed by atoms with van der Waals surface area (Å²) in [4.78, 5) is 26.7. The Hall–Kier alpha value is -2.63. The fourth-order valence-corrected chi connectivity index (χ4v) is 4.26. The van der Waals surface area contributed by atoms with Gasteiger partial charge >= 0.3 is 6.18 Å². The number of halogens is 4. The quantitative estimate of drug-likeness (QED) is 0.299. The van der Waals surface area contributed by atoms with Crippen LogP contribution in [-0.2, 0) is 22.8 Å². The summed E-state index contributed by atoms with van der Waals surface area (Å²) in [6.45, 7) is 3.49. The van der Waals surface area contributed by atoms with Crippen LogP contribution in [0.1, 0.15) is 11.3 Å². The first-order valence-corrected chi connectivity index (χ1v) is 10.2. The van der Waals surface area contributed by atoms with Gasteiger partial charge in [0.1, 0.15) is 10.6 Å². The molecule has 0 saturated carbocycles. The molecule has 1 aromatic heterocycles. The Kier molecular flexibility index (Phi) is 6.58. The second kappa shape index (κ2) is 8.85. The molecule has 6 nitrogen and oxygen atoms in total. The van der Waals surface area contributed by atoms with Gasteiger partial charge < -0.3 is 0 Å². The number of alkyl halides is 3. The molecule has 1 fully saturated rings. The SMILES string of the molecule is C=CCN1C(=O)C(=Cc2c(C(F)(F)F)nn(C)c2Sc2cccc(Cl)c2)C(=O)NC1=S. The highest BCUT2D eigenvalue weighted by molar-refractivity contribution is 7.99. The van der Waals surface area contributed by atoms with Gasteiger partial charge in [-0.1, -0.05) is 35.5 Å². The largest absolute Gasteiger partial charge is 0.435 e. The highest BCUT2D eigenvalue weighted by atomic mass is 35.5. The molecule has 3 rings (SSSR count). The molecule has 0 spiro atoms. The van der Waals surface area contributed by atoms with Crippen LogP contribution >= 0.6 is 35.6 Å². The first-order valence-electron chi connectivity index (χ1n) is 8.60. The summed E-state index contributed by atoms with van der Waals surface area (Å²) >= 11 is 11.9. The minimum atomic E-state index is -4.82. The van der Waals surface area contributed by atoms with Gasteiger partial charge in [-0.25, -0.2) is 0 Å². The summed E-state index contributed by atoms with van der Waals surface area (Å²) in [6, 6.07) is 6.51. The lowest BCUT2D eigenvalue weighted by Gasteiger charge is -2.27. The van der Waals surface area contributed by atoms with Crippen molar-refractivity contribution in [1.82, 2.24) is 20.0 Å². The van der Waals surface area contributed by atoms with E-state index >= 15 is 0 Å². The zero-order valence-corrected chi connectivity index (χ0v) is 18.3. The molecule has 162 valence electrons. The fourth-order valence-electron chi connectivity index (χ4n) is 2.76. The molecule has 2 amide bonds. The highest BCUT2D eigenvalue weighted by Gasteiger charge is 2.40. The van der Waals surface area contributed by atoms with Crippen LogP contribution in [0, 0.1) is 0 Å². The van der Waals surface area contributed by atoms with Gasteiger partial charge in [0.15, 0.2) is 10.8 Å². The number of rotatable bonds is 5. The summed E-state index contributed by atoms with van der Waals surface area (Å²) in [6.07, 6.45) is -2.55. The molecule has 0 atom stereocenters. The molecule has 1 aromatic carbocycles. The predicted octanol–water partition coefficient (Wildman–Crippen LogP) is 4.06. The number of aromatic nitrogens is 2. The van der Waals surface area contributed by atoms with Crippen molar-refractivity contribution in [3.63, 3.8) is 0 Å². The Bertz CT molecular complexity index is 1130. The van der Waals surface area contributed by atoms with E-state index in [4.69, 9.17) is 23.8 Å². The first-order chi connectivity index (χ1) is 14.5. The third-order valence-electron chi connectivity index (χ3n) is 4.09. The molecule has 1 aliphatic heterocycles. The number of carbonyl (C=O) groups excluding carboxylic acids is 2. The van der Waals surface area contributed by atoms with Crippen LogP contribution in [0.25, 0.3) is 6.08 Å². The molecule has 31 heavy (non-hydrogen) atoms. The van der Waals surface area contributed by atoms with E-state index in [-0.39, 0.29) is 16.7 Å². The molecule has 1 saturated heterocycles. The van der Waals surface area contributed by atoms with Crippen molar-refractivity contribution in [3.8, 4) is 0 Å². The van der Waals surface area contributed by atoms with Crippen molar-refractivity contribution in [3.05, 3.63) is 58.8 Å². The van der Waals surface area contributed by atoms with Crippen LogP contribution in [0.4, 0.5) is 13.2 Å². The molecule has 1 aliphatic rings. The van der Waals surface area contributed by atoms with E-state index in [1.54, 1.807) is 24.3 Å². The van der Waals surface area contributed by atoms with E-state index in [1.165, 1.54) is 13.1 Å². The maximum absolute atomic E-state index is 13.7. The van der Waals surface area contributed by atoms with Gasteiger partial charge in [0.2, 0.25) is 0 Å². The number of nitrogens with one attached hydrogen (secondary N) is 1. The van der Waals surface area contributed by atoms with Crippen LogP contribution in [-0.4, -0.2) is 38.2 Å². The lowest BCUT2D eigenvalue weighted by Crippen LogP contribution is -2.53. The van der Waals surface area contributed by atoms with Gasteiger partial charge in [-0.2, -0.15) is 18.3 Å². The molecule has 0 bridgehead atoms. The normalized spacial score (nSPS) is 16.1. The van der Waals surface area contributed by atoms with Crippen molar-refractivity contribution < 1.29 is 22.8 Å². The van der Waals surface area contributed by atoms with Crippen molar-refractivity contribution in [1.29, 1.82) is 0 Å². The van der Waals surface area contributed by atoms with E-state index in [0.717, 1.165) is 27.4 Å². The van der Waals surface area contributed by atoms with Crippen molar-refractivity contribution in [2.75, 3.05) is 6.54 Å². The van der Waals surface area contributed by atoms with Crippen LogP contribution in [0.15, 0.2) is 52.4 Å². The second-order valence-corrected chi connectivity index (χ2v) is 8.16. The molecular weight excluding hydrogens is 473 g/mol. The summed E-state index contributed by atoms with van der Waals surface area (Å²) in [5.41, 5.74) is -2.14. The van der Waals surface area contributed by atoms with Crippen LogP contribution in [0.5, 0.6) is 0 Å². The molecule has 2 aromatic rings. The number of amides is 2. The third-order valence-corrected chi connectivity index (χ3v) is 5.82. The third kappa shape index (κ3) is 4.83. The topological polar surface area (TPSA) is 67.2 Å². The fraction of sp³-hybridized carbons (Fsp3) is 0.158. The standard InChI is InChI=1S/C19H14ClF3N4O2S2/c1-3-7-27-16(29)13(15(28)24-18(27)30)9-12-14(19(21,22)23)25-26(2)17(12)31-11-6-4-5-10(20)8-11/h3-6,8-9H,1,7H2,2H3,(H,24,28,30). The van der Waals surface area contributed by atoms with Gasteiger partial charge in [0.05, 0.1) is 0 Å². The van der Waals surface area contributed by atoms with Gasteiger partial charge in [-0.05, 0) is 36.5 Å². The Morgan fingerprint density at radius 3 is 2.68 bits per heavy atom. The lowest BCUT2D eigenvalue weighted by atomic mass is 10.1. The smallest absolute Gasteiger partial charge is 0.298 e. The monoisotopic (exact) mass is 486 g/mol. The molecule has 2 heterocycles. The molecule has 12 heteroatoms. The minimum absolute atomic E-state index is 0.0153. The lowest BCUT2D eigenvalue weighted by molar-refractivity contribution is -0.141. The number of carbonyl (C=O) groups is 2. The van der Waals surface area contributed by atoms with Gasteiger partial charge in [0, 0.05) is 29.1 Å². The Morgan fingerprint density at radius 1 is 1.35 bits per heavy atom. The average Bonchev–Trinajstić information content (AvgIpc) is 2.98. The van der Waals surface area contributed by atoms with Crippen molar-refractivity contribution >= 4 is 58.6 Å². The number of aryl methyl sites for hydroxylation is 1. The summed E-state index contributed by atoms with van der Waals surface area (Å²) in [5.74, 6) is -1.73. The van der Waals surface area contributed by atoms with Crippen molar-refractivity contribution in [2.45, 2.75) is 16.1 Å². The van der Waals surface area contributed by atoms with Crippen LogP contribution < -0.4 is 5.32 Å². The predicted molar refractivity (Wildman–Crippen MR) is 114 cm³/mol. The maximum Gasteiger partial charge on any atom is 0.435 e. The van der Waals surface area contributed by atoms with Crippen LogP contribution in [0.2, 0.25) is 5.02 Å². The number of hydrogen-bond acceptors (Lipinski definition) is 5. The number of nitrogens with zero attached hydrogens (tertiary/aromatic N) is 3. The molecule has 0 unspecified atom stereocenters. The molecule has 0 aliphatic carbocycles. The first kappa shape index (κ1) is 23.0. The Morgan fingerprint density at radius 2 is 2.06 bits per heavy atom. The van der Waals surface area contributed by atoms with E-state index in [1.807, 2.05) is 0 Å². The van der Waals surface area contributed by atoms with Crippen molar-refractivity contribution in [2.24, 2.45) is 7.05 Å². The molecule has 0 radical (unpaired) electrons. The van der Waals surface area contributed by atoms with E-state index in [0.29, 0.717) is 9.92 Å². The van der Waals surface area contributed by atoms with E-state index in [2.05, 4.69) is 17.0 Å². The number of hydrogen-bond donors (Lipinski definition) is 1. The zero-order chi connectivity index (χ0) is 22.9. The van der Waals surface area contributed by atoms with E-state index < -0.39 is 34.8 Å². The number of thiocarbonyl (C=S) groups is 1. The van der Waals surface area contributed by atoms with Gasteiger partial charge in [0.25, 0.3) is 11.8 Å². The maximum atomic E-state index is 13.7. The molecular formula is C19H14ClF3N4O2S2. The molecule has 1 N–H and O–H groups in total.